The minimum atomic E-state index is -0.108. The highest BCUT2D eigenvalue weighted by Crippen LogP contribution is 2.23. The predicted molar refractivity (Wildman–Crippen MR) is 92.7 cm³/mol. The van der Waals surface area contributed by atoms with Crippen LogP contribution in [0.5, 0.6) is 0 Å². The van der Waals surface area contributed by atoms with Crippen molar-refractivity contribution in [1.29, 1.82) is 0 Å². The van der Waals surface area contributed by atoms with Gasteiger partial charge in [0.25, 0.3) is 5.91 Å². The molecule has 5 heteroatoms. The lowest BCUT2D eigenvalue weighted by atomic mass is 10.2. The van der Waals surface area contributed by atoms with Crippen molar-refractivity contribution in [3.05, 3.63) is 41.6 Å². The molecule has 1 N–H and O–H groups in total. The van der Waals surface area contributed by atoms with Crippen LogP contribution in [-0.4, -0.2) is 20.9 Å². The fourth-order valence-corrected chi connectivity index (χ4v) is 2.99. The highest BCUT2D eigenvalue weighted by atomic mass is 32.2. The van der Waals surface area contributed by atoms with Crippen LogP contribution < -0.4 is 5.32 Å². The Morgan fingerprint density at radius 2 is 1.82 bits per heavy atom. The van der Waals surface area contributed by atoms with Gasteiger partial charge in [0, 0.05) is 27.8 Å². The van der Waals surface area contributed by atoms with E-state index in [0.717, 1.165) is 11.5 Å². The molecule has 0 bridgehead atoms. The van der Waals surface area contributed by atoms with E-state index in [4.69, 9.17) is 0 Å². The van der Waals surface area contributed by atoms with Crippen molar-refractivity contribution in [3.63, 3.8) is 0 Å². The van der Waals surface area contributed by atoms with Crippen LogP contribution in [0.4, 0.5) is 5.82 Å². The molecule has 118 valence electrons. The van der Waals surface area contributed by atoms with Crippen LogP contribution in [-0.2, 0) is 0 Å². The number of amides is 1. The van der Waals surface area contributed by atoms with Gasteiger partial charge in [-0.15, -0.1) is 11.8 Å². The number of aryl methyl sites for hydroxylation is 1. The van der Waals surface area contributed by atoms with Gasteiger partial charge in [-0.3, -0.25) is 4.79 Å². The van der Waals surface area contributed by atoms with E-state index >= 15 is 0 Å². The van der Waals surface area contributed by atoms with Gasteiger partial charge in [-0.2, -0.15) is 5.10 Å². The zero-order chi connectivity index (χ0) is 16.3. The molecule has 1 heterocycles. The van der Waals surface area contributed by atoms with Gasteiger partial charge in [-0.25, -0.2) is 4.68 Å². The third-order valence-corrected chi connectivity index (χ3v) is 4.09. The number of aromatic nitrogens is 2. The molecule has 0 atom stereocenters. The van der Waals surface area contributed by atoms with Crippen molar-refractivity contribution in [2.24, 2.45) is 0 Å². The lowest BCUT2D eigenvalue weighted by molar-refractivity contribution is 0.102. The van der Waals surface area contributed by atoms with Crippen LogP contribution in [0.1, 0.15) is 49.8 Å². The summed E-state index contributed by atoms with van der Waals surface area (Å²) in [4.78, 5) is 13.5. The fourth-order valence-electron chi connectivity index (χ4n) is 2.15. The first kappa shape index (κ1) is 16.6. The number of hydrogen-bond donors (Lipinski definition) is 1. The van der Waals surface area contributed by atoms with E-state index in [1.807, 2.05) is 55.8 Å². The van der Waals surface area contributed by atoms with E-state index in [9.17, 15) is 4.79 Å². The molecule has 4 nitrogen and oxygen atoms in total. The molecule has 0 unspecified atom stereocenters. The van der Waals surface area contributed by atoms with Gasteiger partial charge in [0.05, 0.1) is 5.69 Å². The summed E-state index contributed by atoms with van der Waals surface area (Å²) in [6.07, 6.45) is 0. The van der Waals surface area contributed by atoms with Crippen molar-refractivity contribution >= 4 is 23.5 Å². The van der Waals surface area contributed by atoms with Gasteiger partial charge in [-0.1, -0.05) is 13.8 Å². The largest absolute Gasteiger partial charge is 0.307 e. The van der Waals surface area contributed by atoms with E-state index in [1.54, 1.807) is 11.8 Å². The average molecular weight is 317 g/mol. The summed E-state index contributed by atoms with van der Waals surface area (Å²) < 4.78 is 1.83. The summed E-state index contributed by atoms with van der Waals surface area (Å²) in [5, 5.41) is 7.88. The second-order valence-electron chi connectivity index (χ2n) is 5.85. The number of nitrogens with one attached hydrogen (secondary N) is 1. The Balaban J connectivity index is 2.12. The summed E-state index contributed by atoms with van der Waals surface area (Å²) in [6.45, 7) is 10.3. The Bertz CT molecular complexity index is 644. The summed E-state index contributed by atoms with van der Waals surface area (Å²) in [7, 11) is 0. The van der Waals surface area contributed by atoms with E-state index in [0.29, 0.717) is 10.8 Å². The molecule has 0 fully saturated rings. The van der Waals surface area contributed by atoms with Crippen molar-refractivity contribution in [2.75, 3.05) is 5.32 Å². The first-order chi connectivity index (χ1) is 10.4. The maximum absolute atomic E-state index is 12.4. The number of thioether (sulfide) groups is 1. The SMILES string of the molecule is Cc1cc(NC(=O)c2ccc(SC(C)C)cc2)n(C(C)C)n1. The topological polar surface area (TPSA) is 46.9 Å². The van der Waals surface area contributed by atoms with Crippen molar-refractivity contribution < 1.29 is 4.79 Å². The molecular weight excluding hydrogens is 294 g/mol. The minimum Gasteiger partial charge on any atom is -0.307 e. The Morgan fingerprint density at radius 1 is 1.18 bits per heavy atom. The van der Waals surface area contributed by atoms with Crippen LogP contribution in [0.15, 0.2) is 35.2 Å². The number of hydrogen-bond acceptors (Lipinski definition) is 3. The van der Waals surface area contributed by atoms with Crippen LogP contribution in [0.2, 0.25) is 0 Å². The van der Waals surface area contributed by atoms with E-state index in [2.05, 4.69) is 24.3 Å². The van der Waals surface area contributed by atoms with Gasteiger partial charge >= 0.3 is 0 Å². The Morgan fingerprint density at radius 3 is 2.36 bits per heavy atom. The standard InChI is InChI=1S/C17H23N3OS/c1-11(2)20-16(10-13(5)19-20)18-17(21)14-6-8-15(9-7-14)22-12(3)4/h6-12H,1-5H3,(H,18,21). The smallest absolute Gasteiger partial charge is 0.256 e. The lowest BCUT2D eigenvalue weighted by Gasteiger charge is -2.12. The molecule has 2 rings (SSSR count). The Labute approximate surface area is 136 Å². The van der Waals surface area contributed by atoms with Crippen LogP contribution in [0.25, 0.3) is 0 Å². The zero-order valence-electron chi connectivity index (χ0n) is 13.8. The molecule has 0 aliphatic carbocycles. The monoisotopic (exact) mass is 317 g/mol. The molecule has 0 saturated carbocycles. The molecular formula is C17H23N3OS. The normalized spacial score (nSPS) is 11.2. The molecule has 22 heavy (non-hydrogen) atoms. The van der Waals surface area contributed by atoms with E-state index in [1.165, 1.54) is 4.90 Å². The second-order valence-corrected chi connectivity index (χ2v) is 7.50. The second kappa shape index (κ2) is 7.01. The van der Waals surface area contributed by atoms with Crippen LogP contribution in [0, 0.1) is 6.92 Å². The predicted octanol–water partition coefficient (Wildman–Crippen LogP) is 4.53. The van der Waals surface area contributed by atoms with Gasteiger partial charge in [0.1, 0.15) is 5.82 Å². The first-order valence-electron chi connectivity index (χ1n) is 7.51. The maximum Gasteiger partial charge on any atom is 0.256 e. The third kappa shape index (κ3) is 4.13. The van der Waals surface area contributed by atoms with E-state index < -0.39 is 0 Å². The molecule has 1 aromatic carbocycles. The summed E-state index contributed by atoms with van der Waals surface area (Å²) in [6, 6.07) is 9.80. The molecule has 0 aliphatic heterocycles. The number of rotatable bonds is 5. The van der Waals surface area contributed by atoms with Gasteiger partial charge in [-0.05, 0) is 45.0 Å². The minimum absolute atomic E-state index is 0.108. The van der Waals surface area contributed by atoms with Crippen molar-refractivity contribution in [1.82, 2.24) is 9.78 Å². The highest BCUT2D eigenvalue weighted by molar-refractivity contribution is 7.99. The fraction of sp³-hybridized carbons (Fsp3) is 0.412. The summed E-state index contributed by atoms with van der Waals surface area (Å²) in [5.41, 5.74) is 1.55. The number of anilines is 1. The third-order valence-electron chi connectivity index (χ3n) is 3.08. The Hall–Kier alpha value is -1.75. The first-order valence-corrected chi connectivity index (χ1v) is 8.39. The molecule has 1 amide bonds. The maximum atomic E-state index is 12.4. The van der Waals surface area contributed by atoms with Crippen LogP contribution >= 0.6 is 11.8 Å². The van der Waals surface area contributed by atoms with Crippen molar-refractivity contribution in [3.8, 4) is 0 Å². The van der Waals surface area contributed by atoms with E-state index in [-0.39, 0.29) is 11.9 Å². The number of carbonyl (C=O) groups is 1. The molecule has 1 aromatic heterocycles. The lowest BCUT2D eigenvalue weighted by Crippen LogP contribution is -2.16. The van der Waals surface area contributed by atoms with Crippen LogP contribution in [0.3, 0.4) is 0 Å². The molecule has 0 spiro atoms. The van der Waals surface area contributed by atoms with Crippen molar-refractivity contribution in [2.45, 2.75) is 50.8 Å². The summed E-state index contributed by atoms with van der Waals surface area (Å²) in [5.74, 6) is 0.626. The van der Waals surface area contributed by atoms with Gasteiger partial charge < -0.3 is 5.32 Å². The number of carbonyl (C=O) groups excluding carboxylic acids is 1. The highest BCUT2D eigenvalue weighted by Gasteiger charge is 2.13. The Kier molecular flexibility index (Phi) is 5.29. The molecule has 2 aromatic rings. The quantitative estimate of drug-likeness (QED) is 0.824. The van der Waals surface area contributed by atoms with Gasteiger partial charge in [0.15, 0.2) is 0 Å². The average Bonchev–Trinajstić information content (AvgIpc) is 2.80. The number of benzene rings is 1. The number of nitrogens with zero attached hydrogens (tertiary/aromatic N) is 2. The molecule has 0 radical (unpaired) electrons. The summed E-state index contributed by atoms with van der Waals surface area (Å²) >= 11 is 1.79. The zero-order valence-corrected chi connectivity index (χ0v) is 14.6. The van der Waals surface area contributed by atoms with Gasteiger partial charge in [0.2, 0.25) is 0 Å². The molecule has 0 saturated heterocycles. The molecule has 0 aliphatic rings.